The quantitative estimate of drug-likeness (QED) is 0.775. The summed E-state index contributed by atoms with van der Waals surface area (Å²) in [6.07, 6.45) is 0. The van der Waals surface area contributed by atoms with Crippen LogP contribution in [0.15, 0.2) is 28.8 Å². The molecule has 3 N–H and O–H groups in total. The van der Waals surface area contributed by atoms with Crippen LogP contribution in [0.1, 0.15) is 55.4 Å². The van der Waals surface area contributed by atoms with Crippen LogP contribution in [0.3, 0.4) is 0 Å². The first-order valence-corrected chi connectivity index (χ1v) is 8.15. The summed E-state index contributed by atoms with van der Waals surface area (Å²) in [6.45, 7) is 8.89. The van der Waals surface area contributed by atoms with Crippen molar-refractivity contribution in [2.24, 2.45) is 0 Å². The molecule has 7 heteroatoms. The van der Waals surface area contributed by atoms with E-state index in [1.807, 2.05) is 45.9 Å². The zero-order valence-electron chi connectivity index (χ0n) is 15.1. The molecule has 25 heavy (non-hydrogen) atoms. The lowest BCUT2D eigenvalue weighted by atomic mass is 10.1. The zero-order chi connectivity index (χ0) is 18.6. The maximum Gasteiger partial charge on any atom is 0.315 e. The van der Waals surface area contributed by atoms with E-state index in [1.165, 1.54) is 6.92 Å². The number of benzene rings is 1. The van der Waals surface area contributed by atoms with Gasteiger partial charge in [0.15, 0.2) is 0 Å². The van der Waals surface area contributed by atoms with Gasteiger partial charge in [0.25, 0.3) is 0 Å². The second-order valence-electron chi connectivity index (χ2n) is 6.11. The van der Waals surface area contributed by atoms with Crippen molar-refractivity contribution >= 4 is 17.6 Å². The lowest BCUT2D eigenvalue weighted by molar-refractivity contribution is -0.114. The topological polar surface area (TPSA) is 96.3 Å². The summed E-state index contributed by atoms with van der Waals surface area (Å²) in [4.78, 5) is 23.4. The number of hydrogen-bond donors (Lipinski definition) is 3. The summed E-state index contributed by atoms with van der Waals surface area (Å²) >= 11 is 0. The van der Waals surface area contributed by atoms with Gasteiger partial charge < -0.3 is 20.5 Å². The van der Waals surface area contributed by atoms with Crippen LogP contribution in [0.4, 0.5) is 10.5 Å². The third kappa shape index (κ3) is 4.82. The molecular weight excluding hydrogens is 320 g/mol. The number of aromatic nitrogens is 1. The molecule has 2 aromatic rings. The molecular formula is C18H24N4O3. The van der Waals surface area contributed by atoms with Gasteiger partial charge in [-0.1, -0.05) is 17.3 Å². The monoisotopic (exact) mass is 344 g/mol. The highest BCUT2D eigenvalue weighted by atomic mass is 16.5. The Morgan fingerprint density at radius 3 is 2.40 bits per heavy atom. The largest absolute Gasteiger partial charge is 0.361 e. The number of urea groups is 1. The van der Waals surface area contributed by atoms with Crippen LogP contribution in [0.5, 0.6) is 0 Å². The minimum Gasteiger partial charge on any atom is -0.361 e. The van der Waals surface area contributed by atoms with Crippen LogP contribution in [-0.2, 0) is 4.79 Å². The molecule has 0 radical (unpaired) electrons. The maximum absolute atomic E-state index is 12.3. The smallest absolute Gasteiger partial charge is 0.315 e. The van der Waals surface area contributed by atoms with Crippen molar-refractivity contribution in [3.05, 3.63) is 46.8 Å². The summed E-state index contributed by atoms with van der Waals surface area (Å²) in [5.74, 6) is 0.560. The molecule has 0 saturated carbocycles. The lowest BCUT2D eigenvalue weighted by Crippen LogP contribution is -2.38. The summed E-state index contributed by atoms with van der Waals surface area (Å²) in [5.41, 5.74) is 3.24. The number of nitrogens with zero attached hydrogens (tertiary/aromatic N) is 1. The van der Waals surface area contributed by atoms with Crippen molar-refractivity contribution in [1.82, 2.24) is 15.8 Å². The van der Waals surface area contributed by atoms with Crippen LogP contribution in [0, 0.1) is 13.8 Å². The van der Waals surface area contributed by atoms with Crippen molar-refractivity contribution in [1.29, 1.82) is 0 Å². The number of anilines is 1. The molecule has 1 aromatic heterocycles. The van der Waals surface area contributed by atoms with Crippen LogP contribution in [0.2, 0.25) is 0 Å². The van der Waals surface area contributed by atoms with Gasteiger partial charge in [0.05, 0.1) is 17.8 Å². The molecule has 0 unspecified atom stereocenters. The Kier molecular flexibility index (Phi) is 5.80. The highest BCUT2D eigenvalue weighted by Gasteiger charge is 2.19. The van der Waals surface area contributed by atoms with Gasteiger partial charge in [-0.25, -0.2) is 4.79 Å². The second-order valence-corrected chi connectivity index (χ2v) is 6.11. The first-order valence-electron chi connectivity index (χ1n) is 8.15. The van der Waals surface area contributed by atoms with E-state index < -0.39 is 0 Å². The Balaban J connectivity index is 1.99. The zero-order valence-corrected chi connectivity index (χ0v) is 15.1. The number of hydrogen-bond acceptors (Lipinski definition) is 4. The van der Waals surface area contributed by atoms with Crippen molar-refractivity contribution in [2.75, 3.05) is 5.32 Å². The predicted octanol–water partition coefficient (Wildman–Crippen LogP) is 3.37. The molecule has 7 nitrogen and oxygen atoms in total. The Hall–Kier alpha value is -2.83. The van der Waals surface area contributed by atoms with Crippen molar-refractivity contribution in [3.8, 4) is 0 Å². The molecule has 2 atom stereocenters. The standard InChI is InChI=1S/C18H24N4O3/c1-10(15-7-6-8-16(9-15)21-14(5)23)19-18(24)20-11(2)17-12(3)22-25-13(17)4/h6-11H,1-5H3,(H,21,23)(H2,19,20,24)/t10-,11+/m0/s1. The first-order chi connectivity index (χ1) is 11.8. The van der Waals surface area contributed by atoms with E-state index in [2.05, 4.69) is 21.1 Å². The number of amides is 3. The molecule has 1 heterocycles. The molecule has 0 aliphatic heterocycles. The minimum atomic E-state index is -0.287. The fraction of sp³-hybridized carbons (Fsp3) is 0.389. The number of aryl methyl sites for hydroxylation is 2. The van der Waals surface area contributed by atoms with Crippen molar-refractivity contribution in [2.45, 2.75) is 46.7 Å². The molecule has 0 aliphatic carbocycles. The average Bonchev–Trinajstić information content (AvgIpc) is 2.85. The SMILES string of the molecule is CC(=O)Nc1cccc([C@H](C)NC(=O)N[C@H](C)c2c(C)noc2C)c1. The normalized spacial score (nSPS) is 13.0. The highest BCUT2D eigenvalue weighted by Crippen LogP contribution is 2.21. The van der Waals surface area contributed by atoms with Gasteiger partial charge in [0.1, 0.15) is 5.76 Å². The third-order valence-electron chi connectivity index (χ3n) is 3.92. The fourth-order valence-corrected chi connectivity index (χ4v) is 2.79. The van der Waals surface area contributed by atoms with Crippen LogP contribution in [0.25, 0.3) is 0 Å². The van der Waals surface area contributed by atoms with Crippen LogP contribution in [-0.4, -0.2) is 17.1 Å². The van der Waals surface area contributed by atoms with E-state index in [0.29, 0.717) is 11.4 Å². The molecule has 3 amide bonds. The summed E-state index contributed by atoms with van der Waals surface area (Å²) < 4.78 is 5.14. The van der Waals surface area contributed by atoms with Crippen LogP contribution >= 0.6 is 0 Å². The van der Waals surface area contributed by atoms with Crippen LogP contribution < -0.4 is 16.0 Å². The van der Waals surface area contributed by atoms with Gasteiger partial charge in [-0.15, -0.1) is 0 Å². The van der Waals surface area contributed by atoms with E-state index in [-0.39, 0.29) is 24.0 Å². The highest BCUT2D eigenvalue weighted by molar-refractivity contribution is 5.88. The van der Waals surface area contributed by atoms with Crippen molar-refractivity contribution in [3.63, 3.8) is 0 Å². The second kappa shape index (κ2) is 7.83. The van der Waals surface area contributed by atoms with Gasteiger partial charge in [0.2, 0.25) is 5.91 Å². The Labute approximate surface area is 147 Å². The first kappa shape index (κ1) is 18.5. The number of rotatable bonds is 5. The van der Waals surface area contributed by atoms with Crippen molar-refractivity contribution < 1.29 is 14.1 Å². The number of nitrogens with one attached hydrogen (secondary N) is 3. The molecule has 0 saturated heterocycles. The molecule has 0 bridgehead atoms. The predicted molar refractivity (Wildman–Crippen MR) is 95.2 cm³/mol. The number of carbonyl (C=O) groups is 2. The summed E-state index contributed by atoms with van der Waals surface area (Å²) in [7, 11) is 0. The van der Waals surface area contributed by atoms with E-state index in [1.54, 1.807) is 6.07 Å². The lowest BCUT2D eigenvalue weighted by Gasteiger charge is -2.19. The molecule has 1 aromatic carbocycles. The minimum absolute atomic E-state index is 0.135. The molecule has 134 valence electrons. The number of carbonyl (C=O) groups excluding carboxylic acids is 2. The molecule has 2 rings (SSSR count). The van der Waals surface area contributed by atoms with E-state index in [4.69, 9.17) is 4.52 Å². The Morgan fingerprint density at radius 1 is 1.12 bits per heavy atom. The van der Waals surface area contributed by atoms with E-state index in [9.17, 15) is 9.59 Å². The third-order valence-corrected chi connectivity index (χ3v) is 3.92. The Morgan fingerprint density at radius 2 is 1.80 bits per heavy atom. The summed E-state index contributed by atoms with van der Waals surface area (Å²) in [5, 5.41) is 12.4. The maximum atomic E-state index is 12.3. The molecule has 0 fully saturated rings. The van der Waals surface area contributed by atoms with Gasteiger partial charge in [-0.2, -0.15) is 0 Å². The Bertz CT molecular complexity index is 750. The van der Waals surface area contributed by atoms with Gasteiger partial charge >= 0.3 is 6.03 Å². The molecule has 0 spiro atoms. The van der Waals surface area contributed by atoms with Gasteiger partial charge in [0, 0.05) is 18.2 Å². The average molecular weight is 344 g/mol. The summed E-state index contributed by atoms with van der Waals surface area (Å²) in [6, 6.07) is 6.65. The van der Waals surface area contributed by atoms with Gasteiger partial charge in [-0.3, -0.25) is 4.79 Å². The fourth-order valence-electron chi connectivity index (χ4n) is 2.79. The van der Waals surface area contributed by atoms with E-state index in [0.717, 1.165) is 16.8 Å². The van der Waals surface area contributed by atoms with E-state index >= 15 is 0 Å². The van der Waals surface area contributed by atoms with Gasteiger partial charge in [-0.05, 0) is 45.4 Å². The molecule has 0 aliphatic rings.